The second-order valence-electron chi connectivity index (χ2n) is 3.78. The fourth-order valence-corrected chi connectivity index (χ4v) is 1.55. The Labute approximate surface area is 102 Å². The molecule has 0 aromatic carbocycles. The lowest BCUT2D eigenvalue weighted by atomic mass is 10.2. The van der Waals surface area contributed by atoms with Crippen LogP contribution in [0.15, 0.2) is 23.4 Å². The van der Waals surface area contributed by atoms with Gasteiger partial charge in [0.2, 0.25) is 5.95 Å². The molecule has 2 aromatic rings. The van der Waals surface area contributed by atoms with E-state index in [1.54, 1.807) is 0 Å². The van der Waals surface area contributed by atoms with Crippen molar-refractivity contribution in [3.63, 3.8) is 0 Å². The number of carboxylic acid groups (broad SMARTS) is 1. The summed E-state index contributed by atoms with van der Waals surface area (Å²) >= 11 is 0. The van der Waals surface area contributed by atoms with Crippen molar-refractivity contribution < 1.29 is 9.90 Å². The number of nitrogens with one attached hydrogen (secondary N) is 1. The lowest BCUT2D eigenvalue weighted by molar-refractivity contribution is 0.0691. The molecule has 2 heterocycles. The molecule has 7 heteroatoms. The molecule has 0 aliphatic heterocycles. The Morgan fingerprint density at radius 3 is 2.94 bits per heavy atom. The highest BCUT2D eigenvalue weighted by Crippen LogP contribution is 2.04. The Morgan fingerprint density at radius 1 is 1.56 bits per heavy atom. The van der Waals surface area contributed by atoms with Gasteiger partial charge in [-0.2, -0.15) is 0 Å². The first-order valence-electron chi connectivity index (χ1n) is 5.48. The van der Waals surface area contributed by atoms with Crippen LogP contribution < -0.4 is 5.56 Å². The van der Waals surface area contributed by atoms with Gasteiger partial charge in [0.05, 0.1) is 0 Å². The summed E-state index contributed by atoms with van der Waals surface area (Å²) < 4.78 is 1.38. The number of carbonyl (C=O) groups is 1. The first-order valence-corrected chi connectivity index (χ1v) is 5.48. The van der Waals surface area contributed by atoms with Crippen LogP contribution in [-0.4, -0.2) is 30.6 Å². The van der Waals surface area contributed by atoms with Gasteiger partial charge in [0, 0.05) is 18.0 Å². The number of hydrogen-bond acceptors (Lipinski definition) is 4. The number of H-pyrrole nitrogens is 1. The minimum atomic E-state index is -1.12. The Balaban J connectivity index is 2.42. The van der Waals surface area contributed by atoms with E-state index in [9.17, 15) is 9.59 Å². The smallest absolute Gasteiger partial charge is 0.356 e. The summed E-state index contributed by atoms with van der Waals surface area (Å²) in [6.07, 6.45) is 4.17. The molecule has 0 atom stereocenters. The summed E-state index contributed by atoms with van der Waals surface area (Å²) in [6.45, 7) is 1.99. The van der Waals surface area contributed by atoms with Crippen LogP contribution in [0.2, 0.25) is 0 Å². The summed E-state index contributed by atoms with van der Waals surface area (Å²) in [7, 11) is 0. The Morgan fingerprint density at radius 2 is 2.33 bits per heavy atom. The molecule has 0 amide bonds. The zero-order valence-electron chi connectivity index (χ0n) is 9.75. The molecule has 0 saturated heterocycles. The summed E-state index contributed by atoms with van der Waals surface area (Å²) in [5.74, 6) is -0.855. The fraction of sp³-hybridized carbons (Fsp3) is 0.273. The van der Waals surface area contributed by atoms with E-state index in [1.165, 1.54) is 23.2 Å². The molecule has 0 saturated carbocycles. The molecule has 0 unspecified atom stereocenters. The van der Waals surface area contributed by atoms with Crippen molar-refractivity contribution in [1.82, 2.24) is 19.5 Å². The van der Waals surface area contributed by atoms with Crippen LogP contribution in [0, 0.1) is 0 Å². The SMILES string of the molecule is CCCc1cc(=O)[nH]c(-n2cnc(C(=O)O)c2)n1. The van der Waals surface area contributed by atoms with E-state index in [0.717, 1.165) is 6.42 Å². The summed E-state index contributed by atoms with van der Waals surface area (Å²) in [5.41, 5.74) is 0.300. The van der Waals surface area contributed by atoms with Gasteiger partial charge in [-0.25, -0.2) is 14.8 Å². The van der Waals surface area contributed by atoms with E-state index < -0.39 is 5.97 Å². The Hall–Kier alpha value is -2.44. The lowest BCUT2D eigenvalue weighted by Crippen LogP contribution is -2.13. The second kappa shape index (κ2) is 4.82. The Bertz CT molecular complexity index is 629. The quantitative estimate of drug-likeness (QED) is 0.825. The minimum Gasteiger partial charge on any atom is -0.476 e. The third-order valence-electron chi connectivity index (χ3n) is 2.33. The average Bonchev–Trinajstić information content (AvgIpc) is 2.78. The van der Waals surface area contributed by atoms with Crippen LogP contribution in [0.3, 0.4) is 0 Å². The van der Waals surface area contributed by atoms with Crippen molar-refractivity contribution >= 4 is 5.97 Å². The topological polar surface area (TPSA) is 101 Å². The molecule has 94 valence electrons. The number of aryl methyl sites for hydroxylation is 1. The van der Waals surface area contributed by atoms with E-state index in [1.807, 2.05) is 6.92 Å². The van der Waals surface area contributed by atoms with Gasteiger partial charge in [0.25, 0.3) is 5.56 Å². The molecule has 0 fully saturated rings. The van der Waals surface area contributed by atoms with E-state index in [4.69, 9.17) is 5.11 Å². The highest BCUT2D eigenvalue weighted by Gasteiger charge is 2.09. The normalized spacial score (nSPS) is 10.5. The molecule has 2 aromatic heterocycles. The molecule has 2 rings (SSSR count). The number of carboxylic acids is 1. The zero-order chi connectivity index (χ0) is 13.1. The summed E-state index contributed by atoms with van der Waals surface area (Å²) in [6, 6.07) is 1.43. The monoisotopic (exact) mass is 248 g/mol. The van der Waals surface area contributed by atoms with Gasteiger partial charge >= 0.3 is 5.97 Å². The van der Waals surface area contributed by atoms with Crippen LogP contribution in [0.1, 0.15) is 29.5 Å². The van der Waals surface area contributed by atoms with Gasteiger partial charge in [-0.1, -0.05) is 13.3 Å². The van der Waals surface area contributed by atoms with Crippen molar-refractivity contribution in [3.05, 3.63) is 40.3 Å². The van der Waals surface area contributed by atoms with Gasteiger partial charge in [-0.15, -0.1) is 0 Å². The lowest BCUT2D eigenvalue weighted by Gasteiger charge is -2.03. The maximum absolute atomic E-state index is 11.5. The fourth-order valence-electron chi connectivity index (χ4n) is 1.55. The van der Waals surface area contributed by atoms with Crippen molar-refractivity contribution in [2.24, 2.45) is 0 Å². The molecular weight excluding hydrogens is 236 g/mol. The largest absolute Gasteiger partial charge is 0.476 e. The van der Waals surface area contributed by atoms with E-state index in [-0.39, 0.29) is 17.2 Å². The van der Waals surface area contributed by atoms with Crippen LogP contribution >= 0.6 is 0 Å². The molecule has 0 aliphatic carbocycles. The first kappa shape index (κ1) is 12.0. The van der Waals surface area contributed by atoms with E-state index >= 15 is 0 Å². The molecule has 0 aliphatic rings. The first-order chi connectivity index (χ1) is 8.60. The molecular formula is C11H12N4O3. The molecule has 18 heavy (non-hydrogen) atoms. The average molecular weight is 248 g/mol. The number of rotatable bonds is 4. The van der Waals surface area contributed by atoms with E-state index in [2.05, 4.69) is 15.0 Å². The van der Waals surface area contributed by atoms with Gasteiger partial charge in [-0.3, -0.25) is 14.3 Å². The van der Waals surface area contributed by atoms with Crippen molar-refractivity contribution in [2.45, 2.75) is 19.8 Å². The maximum Gasteiger partial charge on any atom is 0.356 e. The predicted molar refractivity (Wildman–Crippen MR) is 62.9 cm³/mol. The molecule has 7 nitrogen and oxygen atoms in total. The third-order valence-corrected chi connectivity index (χ3v) is 2.33. The third kappa shape index (κ3) is 2.45. The van der Waals surface area contributed by atoms with Gasteiger partial charge in [0.1, 0.15) is 6.33 Å². The van der Waals surface area contributed by atoms with Crippen molar-refractivity contribution in [2.75, 3.05) is 0 Å². The van der Waals surface area contributed by atoms with Crippen LogP contribution in [0.5, 0.6) is 0 Å². The highest BCUT2D eigenvalue weighted by molar-refractivity contribution is 5.85. The summed E-state index contributed by atoms with van der Waals surface area (Å²) in [4.78, 5) is 32.6. The molecule has 0 radical (unpaired) electrons. The van der Waals surface area contributed by atoms with Crippen LogP contribution in [0.25, 0.3) is 5.95 Å². The van der Waals surface area contributed by atoms with Crippen LogP contribution in [-0.2, 0) is 6.42 Å². The summed E-state index contributed by atoms with van der Waals surface area (Å²) in [5, 5.41) is 8.77. The van der Waals surface area contributed by atoms with Gasteiger partial charge < -0.3 is 5.11 Å². The number of aromatic nitrogens is 4. The standard InChI is InChI=1S/C11H12N4O3/c1-2-3-7-4-9(16)14-11(13-7)15-5-8(10(17)18)12-6-15/h4-6H,2-3H2,1H3,(H,17,18)(H,13,14,16). The molecule has 2 N–H and O–H groups in total. The second-order valence-corrected chi connectivity index (χ2v) is 3.78. The predicted octanol–water partition coefficient (Wildman–Crippen LogP) is 0.606. The molecule has 0 bridgehead atoms. The molecule has 0 spiro atoms. The van der Waals surface area contributed by atoms with Gasteiger partial charge in [0.15, 0.2) is 5.69 Å². The van der Waals surface area contributed by atoms with Gasteiger partial charge in [-0.05, 0) is 6.42 Å². The Kier molecular flexibility index (Phi) is 3.22. The number of aromatic carboxylic acids is 1. The maximum atomic E-state index is 11.5. The number of nitrogens with zero attached hydrogens (tertiary/aromatic N) is 3. The van der Waals surface area contributed by atoms with E-state index in [0.29, 0.717) is 12.1 Å². The van der Waals surface area contributed by atoms with Crippen molar-refractivity contribution in [3.8, 4) is 5.95 Å². The van der Waals surface area contributed by atoms with Crippen molar-refractivity contribution in [1.29, 1.82) is 0 Å². The number of hydrogen-bond donors (Lipinski definition) is 2. The minimum absolute atomic E-state index is 0.0986. The van der Waals surface area contributed by atoms with Crippen LogP contribution in [0.4, 0.5) is 0 Å². The zero-order valence-corrected chi connectivity index (χ0v) is 9.75. The number of imidazole rings is 1. The number of aromatic amines is 1. The highest BCUT2D eigenvalue weighted by atomic mass is 16.4.